The molecular weight excluding hydrogens is 705 g/mol. The highest BCUT2D eigenvalue weighted by Gasteiger charge is 2.42. The summed E-state index contributed by atoms with van der Waals surface area (Å²) < 4.78 is 371. The van der Waals surface area contributed by atoms with Crippen molar-refractivity contribution in [2.24, 2.45) is 0 Å². The monoisotopic (exact) mass is 785 g/mol. The molecule has 0 saturated carbocycles. The van der Waals surface area contributed by atoms with Crippen LogP contribution in [0.5, 0.6) is 11.5 Å². The average molecular weight is 785 g/mol. The van der Waals surface area contributed by atoms with E-state index in [1.807, 2.05) is 0 Å². The molecular formula is C55H40N2O. The molecule has 3 heteroatoms. The van der Waals surface area contributed by atoms with Crippen molar-refractivity contribution in [2.45, 2.75) is 19.1 Å². The number of anilines is 6. The van der Waals surface area contributed by atoms with Crippen molar-refractivity contribution in [1.82, 2.24) is 0 Å². The number of nitrogens with zero attached hydrogens (tertiary/aromatic N) is 2. The smallest absolute Gasteiger partial charge is 0.152 e. The van der Waals surface area contributed by atoms with Crippen LogP contribution in [0.4, 0.5) is 34.1 Å². The third-order valence-corrected chi connectivity index (χ3v) is 8.93. The molecule has 0 bridgehead atoms. The Labute approximate surface area is 395 Å². The molecule has 2 aliphatic heterocycles. The van der Waals surface area contributed by atoms with Gasteiger partial charge >= 0.3 is 0 Å². The molecule has 0 aliphatic carbocycles. The third-order valence-electron chi connectivity index (χ3n) is 8.93. The van der Waals surface area contributed by atoms with Crippen LogP contribution in [0.25, 0.3) is 44.2 Å². The maximum Gasteiger partial charge on any atom is 0.152 e. The molecule has 0 aromatic heterocycles. The molecule has 276 valence electrons. The Morgan fingerprint density at radius 2 is 0.966 bits per heavy atom. The van der Waals surface area contributed by atoms with Gasteiger partial charge in [0.1, 0.15) is 0 Å². The van der Waals surface area contributed by atoms with Crippen molar-refractivity contribution >= 4 is 44.9 Å². The van der Waals surface area contributed by atoms with Gasteiger partial charge in [0.05, 0.1) is 63.7 Å². The molecule has 2 aliphatic rings. The summed E-state index contributed by atoms with van der Waals surface area (Å²) in [4.78, 5) is 0.734. The van der Waals surface area contributed by atoms with Gasteiger partial charge in [-0.15, -0.1) is 0 Å². The summed E-state index contributed by atoms with van der Waals surface area (Å²) in [5.41, 5.74) is -20.4. The van der Waals surface area contributed by atoms with Gasteiger partial charge in [-0.1, -0.05) is 159 Å². The Kier molecular flexibility index (Phi) is 2.85. The van der Waals surface area contributed by atoms with Gasteiger partial charge in [0, 0.05) is 36.1 Å². The number of benzene rings is 9. The minimum Gasteiger partial charge on any atom is -0.453 e. The Bertz CT molecular complexity index is 4930. The first-order chi connectivity index (χ1) is 45.2. The molecule has 11 rings (SSSR count). The Balaban J connectivity index is 1.33. The lowest BCUT2D eigenvalue weighted by molar-refractivity contribution is 0.472. The van der Waals surface area contributed by atoms with Crippen LogP contribution in [-0.2, 0) is 5.41 Å². The van der Waals surface area contributed by atoms with E-state index in [1.54, 1.807) is 0 Å². The number of hydrogen-bond donors (Lipinski definition) is 0. The van der Waals surface area contributed by atoms with Crippen molar-refractivity contribution in [2.75, 3.05) is 9.80 Å². The van der Waals surface area contributed by atoms with Crippen LogP contribution in [-0.4, -0.2) is 0 Å². The predicted molar refractivity (Wildman–Crippen MR) is 242 cm³/mol. The van der Waals surface area contributed by atoms with Gasteiger partial charge in [-0.05, 0) is 110 Å². The van der Waals surface area contributed by atoms with E-state index in [9.17, 15) is 31.5 Å². The fourth-order valence-electron chi connectivity index (χ4n) is 6.37. The van der Waals surface area contributed by atoms with Crippen LogP contribution in [0.1, 0.15) is 79.7 Å². The maximum absolute atomic E-state index is 10.2. The Morgan fingerprint density at radius 3 is 1.57 bits per heavy atom. The summed E-state index contributed by atoms with van der Waals surface area (Å²) in [6.45, 7) is -8.42. The normalized spacial score (nSPS) is 23.4. The average Bonchev–Trinajstić information content (AvgIpc) is 0.654. The van der Waals surface area contributed by atoms with Gasteiger partial charge in [0.2, 0.25) is 0 Å². The standard InChI is InChI=1S/C55H40N2O/c1-55(2)48-19-11-12-20-50(48)57-53-47-18-10-9-17-42(47)27-34-51(53)58-52-36-43(35-49(55)54(52)57)41-25-32-46(33-26-41)56(44-28-21-39(22-29-44)37-13-5-3-6-14-37)45-30-23-40(24-31-45)38-15-7-4-8-16-38/h3-36H,1-2H3/i1D3,2D3,3D,4D,5D,6D,7D,8D,9D,10D,11D,12D,13D,14D,15D,16D,17D,18D,19D,20D,21D,22D,23D,24D,25D,26D,27D,28D,29D,30D,31D,32D,33D,34D,35D,36D. The van der Waals surface area contributed by atoms with Crippen LogP contribution in [0.2, 0.25) is 0 Å². The van der Waals surface area contributed by atoms with E-state index in [2.05, 4.69) is 0 Å². The molecule has 0 unspecified atom stereocenters. The van der Waals surface area contributed by atoms with Crippen molar-refractivity contribution in [1.29, 1.82) is 0 Å². The van der Waals surface area contributed by atoms with Gasteiger partial charge in [-0.3, -0.25) is 0 Å². The first-order valence-corrected chi connectivity index (χ1v) is 16.7. The van der Waals surface area contributed by atoms with Gasteiger partial charge in [0.15, 0.2) is 11.5 Å². The molecule has 9 aromatic carbocycles. The van der Waals surface area contributed by atoms with E-state index in [0.717, 1.165) is 0 Å². The van der Waals surface area contributed by atoms with E-state index >= 15 is 0 Å². The lowest BCUT2D eigenvalue weighted by Gasteiger charge is -2.45. The van der Waals surface area contributed by atoms with Crippen molar-refractivity contribution < 1.29 is 59.6 Å². The molecule has 0 spiro atoms. The Morgan fingerprint density at radius 1 is 0.448 bits per heavy atom. The second-order valence-electron chi connectivity index (χ2n) is 12.3. The number of ether oxygens (including phenoxy) is 1. The largest absolute Gasteiger partial charge is 0.453 e. The first-order valence-electron chi connectivity index (χ1n) is 36.7. The first kappa shape index (κ1) is 12.3. The number of para-hydroxylation sites is 1. The molecule has 3 nitrogen and oxygen atoms in total. The van der Waals surface area contributed by atoms with E-state index < -0.39 is 325 Å². The van der Waals surface area contributed by atoms with Crippen LogP contribution in [0, 0.1) is 0 Å². The zero-order chi connectivity index (χ0) is 73.4. The number of rotatable bonds is 6. The second-order valence-corrected chi connectivity index (χ2v) is 12.3. The highest BCUT2D eigenvalue weighted by molar-refractivity contribution is 6.06. The SMILES string of the molecule is [2H]c1c([2H])c([2H])c(-c2c([2H])c([2H])c(N(c3c([2H])c([2H])c(-c4c([2H])c([2H])c([2H])c([2H])c4[2H])c([2H])c3[2H])c3c([2H])c([2H])c(-c4c([2H])c5c6c(c4[2H])C(C([2H])([2H])[2H])(C([2H])([2H])[2H])c4c([2H])c([2H])c([2H])c([2H])c4N6c4c(c([2H])c([2H])c6c([2H])c([2H])c([2H])c([2H])c46)O5)c([2H])c3[2H])c([2H])c2[2H])c([2H])c1[2H]. The van der Waals surface area contributed by atoms with Gasteiger partial charge in [-0.2, -0.15) is 0 Å². The van der Waals surface area contributed by atoms with Crippen molar-refractivity contribution in [3.63, 3.8) is 0 Å². The van der Waals surface area contributed by atoms with E-state index in [0.29, 0.717) is 4.90 Å². The van der Waals surface area contributed by atoms with Crippen molar-refractivity contribution in [3.8, 4) is 44.9 Å². The van der Waals surface area contributed by atoms with E-state index in [4.69, 9.17) is 28.0 Å². The quantitative estimate of drug-likeness (QED) is 0.167. The van der Waals surface area contributed by atoms with E-state index in [1.165, 1.54) is 0 Å². The molecule has 0 atom stereocenters. The third kappa shape index (κ3) is 5.50. The summed E-state index contributed by atoms with van der Waals surface area (Å²) in [6.07, 6.45) is 0. The van der Waals surface area contributed by atoms with Crippen LogP contribution in [0.15, 0.2) is 205 Å². The molecule has 9 aromatic rings. The highest BCUT2D eigenvalue weighted by Crippen LogP contribution is 2.61. The van der Waals surface area contributed by atoms with Crippen LogP contribution in [0.3, 0.4) is 0 Å². The van der Waals surface area contributed by atoms with Crippen molar-refractivity contribution in [3.05, 3.63) is 217 Å². The summed E-state index contributed by atoms with van der Waals surface area (Å²) >= 11 is 0. The second kappa shape index (κ2) is 13.4. The zero-order valence-corrected chi connectivity index (χ0v) is 28.8. The van der Waals surface area contributed by atoms with Gasteiger partial charge in [0.25, 0.3) is 0 Å². The van der Waals surface area contributed by atoms with Gasteiger partial charge in [-0.25, -0.2) is 0 Å². The minimum absolute atomic E-state index is 0.146. The lowest BCUT2D eigenvalue weighted by atomic mass is 9.72. The Hall–Kier alpha value is -7.36. The maximum atomic E-state index is 10.2. The summed E-state index contributed by atoms with van der Waals surface area (Å²) in [7, 11) is 0. The fourth-order valence-corrected chi connectivity index (χ4v) is 6.37. The van der Waals surface area contributed by atoms with Crippen LogP contribution >= 0.6 is 0 Å². The predicted octanol–water partition coefficient (Wildman–Crippen LogP) is 15.5. The van der Waals surface area contributed by atoms with E-state index in [-0.39, 0.29) is 4.90 Å². The van der Waals surface area contributed by atoms with Crippen LogP contribution < -0.4 is 14.5 Å². The topological polar surface area (TPSA) is 15.7 Å². The number of fused-ring (bicyclic) bond motifs is 6. The molecule has 0 radical (unpaired) electrons. The molecule has 0 N–H and O–H groups in total. The zero-order valence-electron chi connectivity index (χ0n) is 68.8. The molecule has 0 amide bonds. The molecule has 2 heterocycles. The molecule has 0 fully saturated rings. The summed E-state index contributed by atoms with van der Waals surface area (Å²) in [6, 6.07) is -41.4. The fraction of sp³-hybridized carbons (Fsp3) is 0.0545. The molecule has 0 saturated heterocycles. The molecule has 58 heavy (non-hydrogen) atoms. The minimum atomic E-state index is -4.21. The number of hydrogen-bond acceptors (Lipinski definition) is 3. The summed E-state index contributed by atoms with van der Waals surface area (Å²) in [5, 5.41) is -1.52. The summed E-state index contributed by atoms with van der Waals surface area (Å²) in [5.74, 6) is -2.21. The highest BCUT2D eigenvalue weighted by atomic mass is 16.5. The van der Waals surface area contributed by atoms with Gasteiger partial charge < -0.3 is 14.5 Å². The lowest BCUT2D eigenvalue weighted by Crippen LogP contribution is -2.32.